The van der Waals surface area contributed by atoms with Crippen LogP contribution < -0.4 is 16.2 Å². The number of fused-ring (bicyclic) bond motifs is 1. The van der Waals surface area contributed by atoms with Gasteiger partial charge in [-0.25, -0.2) is 14.7 Å². The van der Waals surface area contributed by atoms with Gasteiger partial charge in [-0.3, -0.25) is 14.9 Å². The molecule has 1 fully saturated rings. The van der Waals surface area contributed by atoms with Crippen molar-refractivity contribution in [2.24, 2.45) is 0 Å². The van der Waals surface area contributed by atoms with Crippen LogP contribution in [0.25, 0.3) is 16.9 Å². The zero-order valence-electron chi connectivity index (χ0n) is 14.9. The van der Waals surface area contributed by atoms with E-state index in [0.29, 0.717) is 11.3 Å². The first-order valence-corrected chi connectivity index (χ1v) is 8.26. The molecule has 0 bridgehead atoms. The molecular weight excluding hydrogens is 366 g/mol. The van der Waals surface area contributed by atoms with Gasteiger partial charge in [-0.2, -0.15) is 5.10 Å². The number of hydrogen-bond acceptors (Lipinski definition) is 6. The second-order valence-corrected chi connectivity index (χ2v) is 6.47. The van der Waals surface area contributed by atoms with Gasteiger partial charge in [-0.15, -0.1) is 0 Å². The summed E-state index contributed by atoms with van der Waals surface area (Å²) in [6.07, 6.45) is 3.02. The van der Waals surface area contributed by atoms with Gasteiger partial charge in [-0.1, -0.05) is 12.1 Å². The van der Waals surface area contributed by atoms with Gasteiger partial charge in [-0.05, 0) is 24.6 Å². The number of rotatable bonds is 3. The van der Waals surface area contributed by atoms with E-state index in [2.05, 4.69) is 20.8 Å². The number of nitrogens with zero attached hydrogens (tertiary/aromatic N) is 2. The molecular formula is C18H15N5O5. The van der Waals surface area contributed by atoms with Crippen molar-refractivity contribution < 1.29 is 19.1 Å². The molecule has 4 rings (SSSR count). The Balaban J connectivity index is 1.88. The van der Waals surface area contributed by atoms with E-state index in [1.54, 1.807) is 35.8 Å². The van der Waals surface area contributed by atoms with E-state index in [4.69, 9.17) is 4.74 Å². The smallest absolute Gasteiger partial charge is 0.341 e. The van der Waals surface area contributed by atoms with Crippen LogP contribution in [-0.2, 0) is 15.1 Å². The van der Waals surface area contributed by atoms with E-state index >= 15 is 0 Å². The molecule has 1 aromatic carbocycles. The highest BCUT2D eigenvalue weighted by Gasteiger charge is 2.43. The summed E-state index contributed by atoms with van der Waals surface area (Å²) in [7, 11) is 1.24. The maximum absolute atomic E-state index is 12.2. The number of benzene rings is 1. The molecule has 28 heavy (non-hydrogen) atoms. The van der Waals surface area contributed by atoms with Crippen molar-refractivity contribution in [3.05, 3.63) is 58.1 Å². The second-order valence-electron chi connectivity index (χ2n) is 6.47. The van der Waals surface area contributed by atoms with Gasteiger partial charge >= 0.3 is 12.0 Å². The number of aromatic nitrogens is 3. The average Bonchev–Trinajstić information content (AvgIpc) is 3.19. The van der Waals surface area contributed by atoms with Gasteiger partial charge in [0.15, 0.2) is 0 Å². The number of nitrogens with one attached hydrogen (secondary N) is 3. The summed E-state index contributed by atoms with van der Waals surface area (Å²) >= 11 is 0. The molecule has 10 nitrogen and oxygen atoms in total. The number of pyridine rings is 1. The van der Waals surface area contributed by atoms with Crippen LogP contribution in [0.5, 0.6) is 0 Å². The minimum Gasteiger partial charge on any atom is -0.465 e. The summed E-state index contributed by atoms with van der Waals surface area (Å²) in [6, 6.07) is 6.25. The molecule has 10 heteroatoms. The SMILES string of the molecule is COC(=O)c1cn(-c2cccc(C3(C)NC(=O)NC3=O)c2)cc2c(=O)[nH]nc1-2. The first-order valence-electron chi connectivity index (χ1n) is 8.26. The molecule has 0 aliphatic carbocycles. The second kappa shape index (κ2) is 6.05. The summed E-state index contributed by atoms with van der Waals surface area (Å²) in [4.78, 5) is 47.9. The Bertz CT molecular complexity index is 1160. The third kappa shape index (κ3) is 2.54. The zero-order valence-corrected chi connectivity index (χ0v) is 14.9. The predicted molar refractivity (Wildman–Crippen MR) is 96.2 cm³/mol. The fraction of sp³-hybridized carbons (Fsp3) is 0.167. The third-order valence-corrected chi connectivity index (χ3v) is 4.73. The maximum Gasteiger partial charge on any atom is 0.341 e. The highest BCUT2D eigenvalue weighted by atomic mass is 16.5. The molecule has 142 valence electrons. The highest BCUT2D eigenvalue weighted by Crippen LogP contribution is 2.28. The van der Waals surface area contributed by atoms with Crippen LogP contribution in [0.2, 0.25) is 0 Å². The molecule has 0 radical (unpaired) electrons. The largest absolute Gasteiger partial charge is 0.465 e. The third-order valence-electron chi connectivity index (χ3n) is 4.73. The average molecular weight is 381 g/mol. The minimum absolute atomic E-state index is 0.113. The normalized spacial score (nSPS) is 18.8. The first-order chi connectivity index (χ1) is 13.3. The van der Waals surface area contributed by atoms with Crippen LogP contribution in [0, 0.1) is 0 Å². The molecule has 3 amide bonds. The Hall–Kier alpha value is -3.95. The molecule has 3 aliphatic rings. The van der Waals surface area contributed by atoms with Crippen LogP contribution in [0.4, 0.5) is 4.79 Å². The van der Waals surface area contributed by atoms with Crippen molar-refractivity contribution in [2.45, 2.75) is 12.5 Å². The number of amides is 3. The quantitative estimate of drug-likeness (QED) is 0.447. The van der Waals surface area contributed by atoms with E-state index in [9.17, 15) is 19.2 Å². The molecule has 3 heterocycles. The number of carbonyl (C=O) groups is 3. The van der Waals surface area contributed by atoms with Crippen molar-refractivity contribution in [3.63, 3.8) is 0 Å². The van der Waals surface area contributed by atoms with E-state index in [1.807, 2.05) is 0 Å². The highest BCUT2D eigenvalue weighted by molar-refractivity contribution is 6.07. The lowest BCUT2D eigenvalue weighted by Crippen LogP contribution is -2.40. The van der Waals surface area contributed by atoms with E-state index in [-0.39, 0.29) is 16.8 Å². The number of H-pyrrole nitrogens is 1. The Morgan fingerprint density at radius 3 is 2.68 bits per heavy atom. The fourth-order valence-corrected chi connectivity index (χ4v) is 3.17. The molecule has 0 spiro atoms. The first kappa shape index (κ1) is 17.5. The number of carbonyl (C=O) groups excluding carboxylic acids is 3. The summed E-state index contributed by atoms with van der Waals surface area (Å²) < 4.78 is 6.35. The maximum atomic E-state index is 12.2. The van der Waals surface area contributed by atoms with Gasteiger partial charge in [0.25, 0.3) is 11.5 Å². The Labute approximate surface area is 157 Å². The van der Waals surface area contributed by atoms with Crippen molar-refractivity contribution in [1.82, 2.24) is 25.4 Å². The molecule has 3 aliphatic heterocycles. The van der Waals surface area contributed by atoms with Crippen LogP contribution in [0.1, 0.15) is 22.8 Å². The number of aromatic amines is 1. The summed E-state index contributed by atoms with van der Waals surface area (Å²) in [6.45, 7) is 1.59. The van der Waals surface area contributed by atoms with E-state index < -0.39 is 29.0 Å². The lowest BCUT2D eigenvalue weighted by molar-refractivity contribution is -0.123. The summed E-state index contributed by atoms with van der Waals surface area (Å²) in [5.41, 5.74) is -0.0372. The monoisotopic (exact) mass is 381 g/mol. The number of hydrogen-bond donors (Lipinski definition) is 3. The molecule has 1 saturated heterocycles. The van der Waals surface area contributed by atoms with Crippen molar-refractivity contribution in [1.29, 1.82) is 0 Å². The number of methoxy groups -OCH3 is 1. The molecule has 1 unspecified atom stereocenters. The predicted octanol–water partition coefficient (Wildman–Crippen LogP) is 0.507. The molecule has 1 atom stereocenters. The molecule has 0 saturated carbocycles. The lowest BCUT2D eigenvalue weighted by atomic mass is 9.92. The summed E-state index contributed by atoms with van der Waals surface area (Å²) in [5.74, 6) is -1.11. The van der Waals surface area contributed by atoms with Gasteiger partial charge in [0.2, 0.25) is 0 Å². The zero-order chi connectivity index (χ0) is 20.1. The van der Waals surface area contributed by atoms with Crippen LogP contribution in [-0.4, -0.2) is 39.8 Å². The number of ether oxygens (including phenoxy) is 1. The van der Waals surface area contributed by atoms with Crippen molar-refractivity contribution in [2.75, 3.05) is 7.11 Å². The molecule has 3 N–H and O–H groups in total. The Kier molecular flexibility index (Phi) is 3.77. The number of urea groups is 1. The van der Waals surface area contributed by atoms with Gasteiger partial charge < -0.3 is 14.6 Å². The summed E-state index contributed by atoms with van der Waals surface area (Å²) in [5, 5.41) is 11.0. The Morgan fingerprint density at radius 1 is 1.21 bits per heavy atom. The van der Waals surface area contributed by atoms with Crippen molar-refractivity contribution >= 4 is 17.9 Å². The van der Waals surface area contributed by atoms with Crippen LogP contribution in [0.15, 0.2) is 41.5 Å². The minimum atomic E-state index is -1.23. The topological polar surface area (TPSA) is 135 Å². The van der Waals surface area contributed by atoms with Crippen LogP contribution >= 0.6 is 0 Å². The molecule has 0 aromatic heterocycles. The van der Waals surface area contributed by atoms with E-state index in [0.717, 1.165) is 0 Å². The van der Waals surface area contributed by atoms with E-state index in [1.165, 1.54) is 19.5 Å². The standard InChI is InChI=1S/C18H15N5O5/c1-18(16(26)19-17(27)20-18)9-4-3-5-10(6-9)23-7-11-13(21-22-14(11)24)12(8-23)15(25)28-2/h3-8H,1-2H3,(H,22,24)(H2,19,20,26,27). The van der Waals surface area contributed by atoms with Crippen molar-refractivity contribution in [3.8, 4) is 16.9 Å². The van der Waals surface area contributed by atoms with Gasteiger partial charge in [0.1, 0.15) is 16.8 Å². The van der Waals surface area contributed by atoms with Gasteiger partial charge in [0.05, 0.1) is 12.7 Å². The Morgan fingerprint density at radius 2 is 2.00 bits per heavy atom. The van der Waals surface area contributed by atoms with Gasteiger partial charge in [0, 0.05) is 18.1 Å². The number of imide groups is 1. The molecule has 1 aromatic rings. The number of esters is 1. The lowest BCUT2D eigenvalue weighted by Gasteiger charge is -2.22. The van der Waals surface area contributed by atoms with Crippen LogP contribution in [0.3, 0.4) is 0 Å². The fourth-order valence-electron chi connectivity index (χ4n) is 3.17.